The van der Waals surface area contributed by atoms with Gasteiger partial charge < -0.3 is 9.47 Å². The van der Waals surface area contributed by atoms with Gasteiger partial charge in [-0.25, -0.2) is 9.18 Å². The monoisotopic (exact) mass is 238 g/mol. The number of ether oxygens (including phenoxy) is 2. The third-order valence-corrected chi connectivity index (χ3v) is 2.89. The predicted octanol–water partition coefficient (Wildman–Crippen LogP) is 2.37. The van der Waals surface area contributed by atoms with Crippen LogP contribution in [0.1, 0.15) is 25.0 Å². The van der Waals surface area contributed by atoms with Crippen molar-refractivity contribution in [1.82, 2.24) is 0 Å². The van der Waals surface area contributed by atoms with Crippen LogP contribution in [0.25, 0.3) is 0 Å². The van der Waals surface area contributed by atoms with Crippen molar-refractivity contribution in [2.24, 2.45) is 0 Å². The second-order valence-electron chi connectivity index (χ2n) is 4.14. The molecule has 0 spiro atoms. The van der Waals surface area contributed by atoms with E-state index in [0.29, 0.717) is 12.2 Å². The second kappa shape index (κ2) is 4.35. The molecule has 0 N–H and O–H groups in total. The topological polar surface area (TPSA) is 35.5 Å². The van der Waals surface area contributed by atoms with Crippen LogP contribution in [-0.2, 0) is 21.6 Å². The Hall–Kier alpha value is -1.58. The minimum Gasteiger partial charge on any atom is -0.493 e. The van der Waals surface area contributed by atoms with Crippen LogP contribution in [-0.4, -0.2) is 19.2 Å². The molecule has 1 atom stereocenters. The summed E-state index contributed by atoms with van der Waals surface area (Å²) in [6, 6.07) is 4.95. The van der Waals surface area contributed by atoms with Crippen LogP contribution < -0.4 is 4.74 Å². The molecule has 0 amide bonds. The number of carbonyl (C=O) groups excluding carboxylic acids is 1. The van der Waals surface area contributed by atoms with Crippen LogP contribution in [0.2, 0.25) is 0 Å². The lowest BCUT2D eigenvalue weighted by Gasteiger charge is -2.19. The molecule has 0 fully saturated rings. The zero-order valence-corrected chi connectivity index (χ0v) is 9.96. The Morgan fingerprint density at radius 2 is 2.35 bits per heavy atom. The highest BCUT2D eigenvalue weighted by Crippen LogP contribution is 2.33. The average molecular weight is 238 g/mol. The van der Waals surface area contributed by atoms with Gasteiger partial charge in [0.1, 0.15) is 5.75 Å². The summed E-state index contributed by atoms with van der Waals surface area (Å²) in [5.74, 6) is -0.0766. The minimum atomic E-state index is -2.10. The smallest absolute Gasteiger partial charge is 0.348 e. The number of hydrogen-bond acceptors (Lipinski definition) is 3. The van der Waals surface area contributed by atoms with Crippen LogP contribution in [0, 0.1) is 0 Å². The van der Waals surface area contributed by atoms with E-state index in [1.807, 2.05) is 0 Å². The van der Waals surface area contributed by atoms with Crippen LogP contribution in [0.15, 0.2) is 18.2 Å². The summed E-state index contributed by atoms with van der Waals surface area (Å²) >= 11 is 0. The fourth-order valence-corrected chi connectivity index (χ4v) is 1.86. The van der Waals surface area contributed by atoms with Gasteiger partial charge >= 0.3 is 5.97 Å². The van der Waals surface area contributed by atoms with Crippen LogP contribution >= 0.6 is 0 Å². The van der Waals surface area contributed by atoms with Gasteiger partial charge in [0, 0.05) is 12.0 Å². The SMILES string of the molecule is CCOC(=O)C(C)(F)c1ccc2c(c1)CCO2. The Balaban J connectivity index is 2.30. The second-order valence-corrected chi connectivity index (χ2v) is 4.14. The largest absolute Gasteiger partial charge is 0.493 e. The summed E-state index contributed by atoms with van der Waals surface area (Å²) in [6.45, 7) is 3.67. The number of carbonyl (C=O) groups is 1. The van der Waals surface area contributed by atoms with Crippen molar-refractivity contribution < 1.29 is 18.7 Å². The third-order valence-electron chi connectivity index (χ3n) is 2.89. The molecule has 0 saturated carbocycles. The maximum Gasteiger partial charge on any atom is 0.348 e. The zero-order valence-electron chi connectivity index (χ0n) is 9.96. The van der Waals surface area contributed by atoms with Crippen LogP contribution in [0.5, 0.6) is 5.75 Å². The molecule has 2 rings (SSSR count). The van der Waals surface area contributed by atoms with Crippen LogP contribution in [0.3, 0.4) is 0 Å². The molecule has 1 unspecified atom stereocenters. The number of alkyl halides is 1. The number of rotatable bonds is 3. The lowest BCUT2D eigenvalue weighted by Crippen LogP contribution is -2.29. The van der Waals surface area contributed by atoms with Gasteiger partial charge in [-0.1, -0.05) is 6.07 Å². The van der Waals surface area contributed by atoms with Crippen molar-refractivity contribution in [3.63, 3.8) is 0 Å². The predicted molar refractivity (Wildman–Crippen MR) is 60.7 cm³/mol. The Kier molecular flexibility index (Phi) is 3.05. The highest BCUT2D eigenvalue weighted by molar-refractivity contribution is 5.81. The molecule has 92 valence electrons. The average Bonchev–Trinajstić information content (AvgIpc) is 2.76. The molecule has 1 aliphatic heterocycles. The van der Waals surface area contributed by atoms with E-state index in [1.165, 1.54) is 6.92 Å². The summed E-state index contributed by atoms with van der Waals surface area (Å²) in [6.07, 6.45) is 0.752. The Bertz CT molecular complexity index is 440. The first-order chi connectivity index (χ1) is 8.05. The lowest BCUT2D eigenvalue weighted by atomic mass is 9.95. The summed E-state index contributed by atoms with van der Waals surface area (Å²) in [4.78, 5) is 11.5. The van der Waals surface area contributed by atoms with E-state index in [0.717, 1.165) is 17.7 Å². The molecular formula is C13H15FO3. The van der Waals surface area contributed by atoms with Gasteiger partial charge in [0.05, 0.1) is 13.2 Å². The molecule has 0 bridgehead atoms. The third kappa shape index (κ3) is 2.12. The summed E-state index contributed by atoms with van der Waals surface area (Å²) in [5.41, 5.74) is -0.843. The maximum absolute atomic E-state index is 14.4. The molecule has 0 aliphatic carbocycles. The summed E-state index contributed by atoms with van der Waals surface area (Å²) in [7, 11) is 0. The van der Waals surface area contributed by atoms with Gasteiger partial charge in [-0.2, -0.15) is 0 Å². The van der Waals surface area contributed by atoms with Gasteiger partial charge in [-0.05, 0) is 31.5 Å². The van der Waals surface area contributed by atoms with Gasteiger partial charge in [-0.3, -0.25) is 0 Å². The molecule has 0 aromatic heterocycles. The number of hydrogen-bond donors (Lipinski definition) is 0. The van der Waals surface area contributed by atoms with E-state index < -0.39 is 11.6 Å². The molecule has 4 heteroatoms. The van der Waals surface area contributed by atoms with Crippen molar-refractivity contribution in [1.29, 1.82) is 0 Å². The number of benzene rings is 1. The molecule has 1 aromatic carbocycles. The lowest BCUT2D eigenvalue weighted by molar-refractivity contribution is -0.156. The number of halogens is 1. The van der Waals surface area contributed by atoms with Crippen molar-refractivity contribution in [3.05, 3.63) is 29.3 Å². The maximum atomic E-state index is 14.4. The summed E-state index contributed by atoms with van der Waals surface area (Å²) in [5, 5.41) is 0. The van der Waals surface area contributed by atoms with Crippen molar-refractivity contribution in [2.45, 2.75) is 25.9 Å². The number of fused-ring (bicyclic) bond motifs is 1. The number of esters is 1. The first-order valence-corrected chi connectivity index (χ1v) is 5.68. The Morgan fingerprint density at radius 3 is 3.06 bits per heavy atom. The summed E-state index contributed by atoms with van der Waals surface area (Å²) < 4.78 is 24.4. The highest BCUT2D eigenvalue weighted by Gasteiger charge is 2.37. The fraction of sp³-hybridized carbons (Fsp3) is 0.462. The van der Waals surface area contributed by atoms with E-state index >= 15 is 0 Å². The Morgan fingerprint density at radius 1 is 1.59 bits per heavy atom. The van der Waals surface area contributed by atoms with E-state index in [1.54, 1.807) is 25.1 Å². The molecule has 17 heavy (non-hydrogen) atoms. The minimum absolute atomic E-state index is 0.173. The zero-order chi connectivity index (χ0) is 12.5. The molecule has 1 aromatic rings. The molecule has 0 saturated heterocycles. The van der Waals surface area contributed by atoms with Gasteiger partial charge in [0.15, 0.2) is 0 Å². The van der Waals surface area contributed by atoms with E-state index in [2.05, 4.69) is 0 Å². The Labute approximate surface area is 99.5 Å². The van der Waals surface area contributed by atoms with E-state index in [4.69, 9.17) is 9.47 Å². The van der Waals surface area contributed by atoms with E-state index in [-0.39, 0.29) is 6.61 Å². The first kappa shape index (κ1) is 11.9. The molecule has 1 aliphatic rings. The van der Waals surface area contributed by atoms with Crippen molar-refractivity contribution >= 4 is 5.97 Å². The molecule has 0 radical (unpaired) electrons. The van der Waals surface area contributed by atoms with Crippen LogP contribution in [0.4, 0.5) is 4.39 Å². The van der Waals surface area contributed by atoms with E-state index in [9.17, 15) is 9.18 Å². The van der Waals surface area contributed by atoms with Crippen molar-refractivity contribution in [2.75, 3.05) is 13.2 Å². The highest BCUT2D eigenvalue weighted by atomic mass is 19.1. The quantitative estimate of drug-likeness (QED) is 0.758. The molecule has 1 heterocycles. The van der Waals surface area contributed by atoms with Gasteiger partial charge in [-0.15, -0.1) is 0 Å². The normalized spacial score (nSPS) is 16.9. The standard InChI is InChI=1S/C13H15FO3/c1-3-16-12(15)13(2,14)10-4-5-11-9(8-10)6-7-17-11/h4-5,8H,3,6-7H2,1-2H3. The van der Waals surface area contributed by atoms with Crippen molar-refractivity contribution in [3.8, 4) is 5.75 Å². The molecular weight excluding hydrogens is 223 g/mol. The molecule has 3 nitrogen and oxygen atoms in total. The van der Waals surface area contributed by atoms with Gasteiger partial charge in [0.2, 0.25) is 5.67 Å². The first-order valence-electron chi connectivity index (χ1n) is 5.68. The fourth-order valence-electron chi connectivity index (χ4n) is 1.86. The van der Waals surface area contributed by atoms with Gasteiger partial charge in [0.25, 0.3) is 0 Å².